The molecule has 3 nitrogen and oxygen atoms in total. The zero-order valence-electron chi connectivity index (χ0n) is 10.4. The van der Waals surface area contributed by atoms with Crippen LogP contribution in [0.15, 0.2) is 42.5 Å². The Labute approximate surface area is 126 Å². The average Bonchev–Trinajstić information content (AvgIpc) is 2.47. The Kier molecular flexibility index (Phi) is 4.62. The SMILES string of the molecule is N#Cc1cccc(CNC(=O)c2cc(Cl)ccc2Cl)c1. The molecule has 0 spiro atoms. The highest BCUT2D eigenvalue weighted by Gasteiger charge is 2.10. The van der Waals surface area contributed by atoms with Crippen LogP contribution in [0, 0.1) is 11.3 Å². The van der Waals surface area contributed by atoms with Crippen LogP contribution in [-0.2, 0) is 6.54 Å². The van der Waals surface area contributed by atoms with E-state index in [4.69, 9.17) is 28.5 Å². The van der Waals surface area contributed by atoms with Gasteiger partial charge in [-0.3, -0.25) is 4.79 Å². The topological polar surface area (TPSA) is 52.9 Å². The van der Waals surface area contributed by atoms with Crippen molar-refractivity contribution >= 4 is 29.1 Å². The van der Waals surface area contributed by atoms with Crippen LogP contribution < -0.4 is 5.32 Å². The first-order valence-corrected chi connectivity index (χ1v) is 6.58. The van der Waals surface area contributed by atoms with Crippen LogP contribution in [0.3, 0.4) is 0 Å². The van der Waals surface area contributed by atoms with Crippen molar-refractivity contribution in [2.45, 2.75) is 6.54 Å². The van der Waals surface area contributed by atoms with Gasteiger partial charge in [0, 0.05) is 11.6 Å². The minimum Gasteiger partial charge on any atom is -0.348 e. The van der Waals surface area contributed by atoms with Gasteiger partial charge in [0.1, 0.15) is 0 Å². The van der Waals surface area contributed by atoms with Gasteiger partial charge in [-0.05, 0) is 35.9 Å². The monoisotopic (exact) mass is 304 g/mol. The lowest BCUT2D eigenvalue weighted by molar-refractivity contribution is 0.0951. The summed E-state index contributed by atoms with van der Waals surface area (Å²) in [5.74, 6) is -0.306. The van der Waals surface area contributed by atoms with E-state index in [0.29, 0.717) is 27.7 Å². The molecule has 0 aliphatic rings. The van der Waals surface area contributed by atoms with E-state index in [2.05, 4.69) is 11.4 Å². The van der Waals surface area contributed by atoms with Gasteiger partial charge in [-0.1, -0.05) is 35.3 Å². The van der Waals surface area contributed by atoms with Crippen molar-refractivity contribution in [3.8, 4) is 6.07 Å². The van der Waals surface area contributed by atoms with E-state index in [1.165, 1.54) is 6.07 Å². The van der Waals surface area contributed by atoms with Crippen molar-refractivity contribution in [1.29, 1.82) is 5.26 Å². The smallest absolute Gasteiger partial charge is 0.253 e. The van der Waals surface area contributed by atoms with Crippen LogP contribution in [0.4, 0.5) is 0 Å². The van der Waals surface area contributed by atoms with Gasteiger partial charge in [-0.25, -0.2) is 0 Å². The number of nitrogens with one attached hydrogen (secondary N) is 1. The summed E-state index contributed by atoms with van der Waals surface area (Å²) in [5, 5.41) is 12.4. The van der Waals surface area contributed by atoms with Crippen LogP contribution in [0.1, 0.15) is 21.5 Å². The standard InChI is InChI=1S/C15H10Cl2N2O/c16-12-4-5-14(17)13(7-12)15(20)19-9-11-3-1-2-10(6-11)8-18/h1-7H,9H2,(H,19,20). The van der Waals surface area contributed by atoms with Gasteiger partial charge in [0.25, 0.3) is 5.91 Å². The third kappa shape index (κ3) is 3.51. The van der Waals surface area contributed by atoms with E-state index in [-0.39, 0.29) is 5.91 Å². The molecule has 0 radical (unpaired) electrons. The molecule has 1 N–H and O–H groups in total. The largest absolute Gasteiger partial charge is 0.348 e. The summed E-state index contributed by atoms with van der Waals surface area (Å²) in [6, 6.07) is 13.8. The molecule has 0 saturated heterocycles. The van der Waals surface area contributed by atoms with Gasteiger partial charge in [-0.2, -0.15) is 5.26 Å². The first kappa shape index (κ1) is 14.4. The van der Waals surface area contributed by atoms with E-state index < -0.39 is 0 Å². The Hall–Kier alpha value is -2.02. The Balaban J connectivity index is 2.09. The van der Waals surface area contributed by atoms with E-state index in [9.17, 15) is 4.79 Å². The molecule has 0 atom stereocenters. The number of hydrogen-bond donors (Lipinski definition) is 1. The van der Waals surface area contributed by atoms with Gasteiger partial charge in [0.2, 0.25) is 0 Å². The summed E-state index contributed by atoms with van der Waals surface area (Å²) in [6.07, 6.45) is 0. The summed E-state index contributed by atoms with van der Waals surface area (Å²) in [5.41, 5.74) is 1.73. The molecule has 2 aromatic carbocycles. The maximum atomic E-state index is 12.0. The molecule has 2 aromatic rings. The van der Waals surface area contributed by atoms with Crippen LogP contribution in [0.25, 0.3) is 0 Å². The second-order valence-corrected chi connectivity index (χ2v) is 4.96. The van der Waals surface area contributed by atoms with E-state index in [1.807, 2.05) is 6.07 Å². The number of carbonyl (C=O) groups excluding carboxylic acids is 1. The van der Waals surface area contributed by atoms with Crippen molar-refractivity contribution in [3.63, 3.8) is 0 Å². The third-order valence-electron chi connectivity index (χ3n) is 2.68. The molecule has 0 bridgehead atoms. The van der Waals surface area contributed by atoms with E-state index in [1.54, 1.807) is 30.3 Å². The summed E-state index contributed by atoms with van der Waals surface area (Å²) >= 11 is 11.8. The molecular formula is C15H10Cl2N2O. The second-order valence-electron chi connectivity index (χ2n) is 4.12. The molecule has 0 unspecified atom stereocenters. The van der Waals surface area contributed by atoms with E-state index >= 15 is 0 Å². The molecule has 0 aliphatic carbocycles. The van der Waals surface area contributed by atoms with Gasteiger partial charge >= 0.3 is 0 Å². The van der Waals surface area contributed by atoms with Crippen molar-refractivity contribution < 1.29 is 4.79 Å². The lowest BCUT2D eigenvalue weighted by Gasteiger charge is -2.07. The van der Waals surface area contributed by atoms with Gasteiger partial charge in [0.15, 0.2) is 0 Å². The molecular weight excluding hydrogens is 295 g/mol. The third-order valence-corrected chi connectivity index (χ3v) is 3.25. The van der Waals surface area contributed by atoms with Gasteiger partial charge in [0.05, 0.1) is 22.2 Å². The molecule has 0 fully saturated rings. The first-order valence-electron chi connectivity index (χ1n) is 5.82. The molecule has 0 saturated carbocycles. The molecule has 0 aliphatic heterocycles. The minimum absolute atomic E-state index is 0.306. The van der Waals surface area contributed by atoms with Crippen molar-refractivity contribution in [2.75, 3.05) is 0 Å². The molecule has 2 rings (SSSR count). The molecule has 1 amide bonds. The zero-order valence-corrected chi connectivity index (χ0v) is 11.9. The Morgan fingerprint density at radius 3 is 2.75 bits per heavy atom. The van der Waals surface area contributed by atoms with E-state index in [0.717, 1.165) is 5.56 Å². The highest BCUT2D eigenvalue weighted by atomic mass is 35.5. The van der Waals surface area contributed by atoms with Crippen molar-refractivity contribution in [2.24, 2.45) is 0 Å². The number of hydrogen-bond acceptors (Lipinski definition) is 2. The predicted molar refractivity (Wildman–Crippen MR) is 78.8 cm³/mol. The Morgan fingerprint density at radius 2 is 2.00 bits per heavy atom. The molecule has 100 valence electrons. The van der Waals surface area contributed by atoms with Crippen LogP contribution >= 0.6 is 23.2 Å². The fourth-order valence-corrected chi connectivity index (χ4v) is 2.08. The number of halogens is 2. The number of nitrogens with zero attached hydrogens (tertiary/aromatic N) is 1. The number of carbonyl (C=O) groups is 1. The molecule has 20 heavy (non-hydrogen) atoms. The van der Waals surface area contributed by atoms with Crippen LogP contribution in [-0.4, -0.2) is 5.91 Å². The van der Waals surface area contributed by atoms with Gasteiger partial charge < -0.3 is 5.32 Å². The maximum absolute atomic E-state index is 12.0. The lowest BCUT2D eigenvalue weighted by Crippen LogP contribution is -2.23. The first-order chi connectivity index (χ1) is 9.60. The number of benzene rings is 2. The van der Waals surface area contributed by atoms with Crippen LogP contribution in [0.2, 0.25) is 10.0 Å². The fourth-order valence-electron chi connectivity index (χ4n) is 1.70. The number of rotatable bonds is 3. The molecule has 0 heterocycles. The Bertz CT molecular complexity index is 693. The van der Waals surface area contributed by atoms with Crippen molar-refractivity contribution in [1.82, 2.24) is 5.32 Å². The molecule has 5 heteroatoms. The fraction of sp³-hybridized carbons (Fsp3) is 0.0667. The highest BCUT2D eigenvalue weighted by molar-refractivity contribution is 6.35. The van der Waals surface area contributed by atoms with Crippen molar-refractivity contribution in [3.05, 3.63) is 69.2 Å². The number of amides is 1. The van der Waals surface area contributed by atoms with Crippen LogP contribution in [0.5, 0.6) is 0 Å². The normalized spacial score (nSPS) is 9.85. The average molecular weight is 305 g/mol. The van der Waals surface area contributed by atoms with Gasteiger partial charge in [-0.15, -0.1) is 0 Å². The zero-order chi connectivity index (χ0) is 14.5. The minimum atomic E-state index is -0.306. The lowest BCUT2D eigenvalue weighted by atomic mass is 10.1. The second kappa shape index (κ2) is 6.42. The summed E-state index contributed by atoms with van der Waals surface area (Å²) in [6.45, 7) is 0.317. The summed E-state index contributed by atoms with van der Waals surface area (Å²) in [7, 11) is 0. The quantitative estimate of drug-likeness (QED) is 0.938. The maximum Gasteiger partial charge on any atom is 0.253 e. The predicted octanol–water partition coefficient (Wildman–Crippen LogP) is 3.80. The highest BCUT2D eigenvalue weighted by Crippen LogP contribution is 2.20. The Morgan fingerprint density at radius 1 is 1.20 bits per heavy atom. The summed E-state index contributed by atoms with van der Waals surface area (Å²) in [4.78, 5) is 12.0. The molecule has 0 aromatic heterocycles. The summed E-state index contributed by atoms with van der Waals surface area (Å²) < 4.78 is 0. The number of nitriles is 1.